The van der Waals surface area contributed by atoms with E-state index in [0.29, 0.717) is 16.4 Å². The van der Waals surface area contributed by atoms with Gasteiger partial charge < -0.3 is 13.9 Å². The lowest BCUT2D eigenvalue weighted by Gasteiger charge is -2.10. The third kappa shape index (κ3) is 2.24. The van der Waals surface area contributed by atoms with Gasteiger partial charge in [0.1, 0.15) is 5.58 Å². The second kappa shape index (κ2) is 5.57. The minimum absolute atomic E-state index is 0.00144. The van der Waals surface area contributed by atoms with Gasteiger partial charge in [-0.15, -0.1) is 0 Å². The Bertz CT molecular complexity index is 999. The molecule has 0 aliphatic carbocycles. The van der Waals surface area contributed by atoms with Crippen LogP contribution in [0.25, 0.3) is 21.7 Å². The van der Waals surface area contributed by atoms with Crippen LogP contribution in [0.1, 0.15) is 20.7 Å². The quantitative estimate of drug-likeness (QED) is 0.411. The van der Waals surface area contributed by atoms with E-state index < -0.39 is 17.6 Å². The van der Waals surface area contributed by atoms with Crippen molar-refractivity contribution in [3.63, 3.8) is 0 Å². The maximum atomic E-state index is 12.4. The number of esters is 2. The molecule has 0 N–H and O–H groups in total. The highest BCUT2D eigenvalue weighted by atomic mass is 16.5. The molecule has 1 aromatic heterocycles. The summed E-state index contributed by atoms with van der Waals surface area (Å²) in [6, 6.07) is 9.97. The molecule has 0 aliphatic heterocycles. The van der Waals surface area contributed by atoms with E-state index in [1.165, 1.54) is 20.3 Å². The average Bonchev–Trinajstić information content (AvgIpc) is 2.59. The van der Waals surface area contributed by atoms with Crippen LogP contribution in [0.3, 0.4) is 0 Å². The monoisotopic (exact) mass is 312 g/mol. The summed E-state index contributed by atoms with van der Waals surface area (Å²) in [4.78, 5) is 36.4. The zero-order valence-corrected chi connectivity index (χ0v) is 12.4. The Morgan fingerprint density at radius 1 is 0.913 bits per heavy atom. The van der Waals surface area contributed by atoms with Crippen molar-refractivity contribution in [1.82, 2.24) is 0 Å². The maximum Gasteiger partial charge on any atom is 0.345 e. The average molecular weight is 312 g/mol. The van der Waals surface area contributed by atoms with Gasteiger partial charge in [0.15, 0.2) is 0 Å². The number of hydrogen-bond donors (Lipinski definition) is 0. The van der Waals surface area contributed by atoms with Gasteiger partial charge >= 0.3 is 17.6 Å². The van der Waals surface area contributed by atoms with E-state index in [-0.39, 0.29) is 16.5 Å². The second-order valence-electron chi connectivity index (χ2n) is 4.78. The van der Waals surface area contributed by atoms with Gasteiger partial charge in [-0.2, -0.15) is 0 Å². The number of benzene rings is 2. The zero-order chi connectivity index (χ0) is 16.6. The van der Waals surface area contributed by atoms with Crippen LogP contribution in [-0.2, 0) is 9.47 Å². The van der Waals surface area contributed by atoms with Crippen LogP contribution in [0.15, 0.2) is 45.6 Å². The summed E-state index contributed by atoms with van der Waals surface area (Å²) in [5.41, 5.74) is -0.526. The van der Waals surface area contributed by atoms with Crippen LogP contribution in [-0.4, -0.2) is 26.2 Å². The molecule has 0 saturated heterocycles. The summed E-state index contributed by atoms with van der Waals surface area (Å²) in [6.07, 6.45) is 0. The lowest BCUT2D eigenvalue weighted by atomic mass is 9.98. The molecule has 0 saturated carbocycles. The third-order valence-electron chi connectivity index (χ3n) is 3.58. The smallest absolute Gasteiger partial charge is 0.345 e. The first-order valence-electron chi connectivity index (χ1n) is 6.73. The van der Waals surface area contributed by atoms with Gasteiger partial charge in [-0.25, -0.2) is 14.4 Å². The first kappa shape index (κ1) is 14.8. The second-order valence-corrected chi connectivity index (χ2v) is 4.78. The van der Waals surface area contributed by atoms with Crippen molar-refractivity contribution >= 4 is 33.7 Å². The molecule has 0 bridgehead atoms. The lowest BCUT2D eigenvalue weighted by molar-refractivity contribution is 0.0557. The molecular weight excluding hydrogens is 300 g/mol. The molecule has 6 heteroatoms. The fourth-order valence-electron chi connectivity index (χ4n) is 2.56. The Hall–Kier alpha value is -3.15. The Balaban J connectivity index is 2.55. The fourth-order valence-corrected chi connectivity index (χ4v) is 2.56. The van der Waals surface area contributed by atoms with Gasteiger partial charge in [-0.1, -0.05) is 24.3 Å². The van der Waals surface area contributed by atoms with Gasteiger partial charge in [0.05, 0.1) is 30.7 Å². The number of methoxy groups -OCH3 is 2. The zero-order valence-electron chi connectivity index (χ0n) is 12.4. The first-order chi connectivity index (χ1) is 11.1. The fraction of sp³-hybridized carbons (Fsp3) is 0.118. The lowest BCUT2D eigenvalue weighted by Crippen LogP contribution is -2.16. The van der Waals surface area contributed by atoms with Gasteiger partial charge in [-0.05, 0) is 12.1 Å². The van der Waals surface area contributed by atoms with Crippen molar-refractivity contribution in [3.8, 4) is 0 Å². The Morgan fingerprint density at radius 3 is 2.30 bits per heavy atom. The van der Waals surface area contributed by atoms with Gasteiger partial charge in [0.25, 0.3) is 0 Å². The van der Waals surface area contributed by atoms with Gasteiger partial charge in [-0.3, -0.25) is 0 Å². The molecular formula is C17H12O6. The number of fused-ring (bicyclic) bond motifs is 3. The summed E-state index contributed by atoms with van der Waals surface area (Å²) in [5, 5.41) is 1.16. The molecule has 0 atom stereocenters. The minimum Gasteiger partial charge on any atom is -0.465 e. The summed E-state index contributed by atoms with van der Waals surface area (Å²) in [5.74, 6) is -1.54. The van der Waals surface area contributed by atoms with E-state index in [4.69, 9.17) is 9.15 Å². The highest BCUT2D eigenvalue weighted by molar-refractivity contribution is 6.16. The SMILES string of the molecule is COC(=O)c1ccc2c(c1C(=O)OC)c(=O)oc1ccccc12. The standard InChI is InChI=1S/C17H12O6/c1-21-15(18)11-8-7-10-9-5-3-4-6-12(9)23-17(20)13(10)14(11)16(19)22-2/h3-8H,1-2H3. The minimum atomic E-state index is -0.807. The van der Waals surface area contributed by atoms with Crippen molar-refractivity contribution in [1.29, 1.82) is 0 Å². The van der Waals surface area contributed by atoms with Gasteiger partial charge in [0.2, 0.25) is 0 Å². The number of carbonyl (C=O) groups excluding carboxylic acids is 2. The van der Waals surface area contributed by atoms with Crippen LogP contribution in [0.4, 0.5) is 0 Å². The molecule has 0 amide bonds. The van der Waals surface area contributed by atoms with Crippen LogP contribution in [0, 0.1) is 0 Å². The van der Waals surface area contributed by atoms with E-state index in [9.17, 15) is 14.4 Å². The molecule has 0 radical (unpaired) electrons. The van der Waals surface area contributed by atoms with E-state index in [1.54, 1.807) is 30.3 Å². The normalized spacial score (nSPS) is 10.7. The van der Waals surface area contributed by atoms with E-state index in [1.807, 2.05) is 0 Å². The number of ether oxygens (including phenoxy) is 2. The predicted octanol–water partition coefficient (Wildman–Crippen LogP) is 2.52. The number of rotatable bonds is 2. The highest BCUT2D eigenvalue weighted by Gasteiger charge is 2.24. The van der Waals surface area contributed by atoms with Crippen molar-refractivity contribution in [2.24, 2.45) is 0 Å². The molecule has 0 fully saturated rings. The maximum absolute atomic E-state index is 12.4. The van der Waals surface area contributed by atoms with Crippen molar-refractivity contribution in [2.75, 3.05) is 14.2 Å². The molecule has 0 spiro atoms. The summed E-state index contributed by atoms with van der Waals surface area (Å²) in [7, 11) is 2.36. The third-order valence-corrected chi connectivity index (χ3v) is 3.58. The number of hydrogen-bond acceptors (Lipinski definition) is 6. The molecule has 23 heavy (non-hydrogen) atoms. The Kier molecular flexibility index (Phi) is 3.57. The van der Waals surface area contributed by atoms with Crippen molar-refractivity contribution < 1.29 is 23.5 Å². The van der Waals surface area contributed by atoms with Crippen LogP contribution in [0.5, 0.6) is 0 Å². The topological polar surface area (TPSA) is 82.8 Å². The molecule has 0 unspecified atom stereocenters. The van der Waals surface area contributed by atoms with Crippen molar-refractivity contribution in [3.05, 3.63) is 57.9 Å². The molecule has 3 aromatic rings. The van der Waals surface area contributed by atoms with E-state index in [2.05, 4.69) is 4.74 Å². The molecule has 1 heterocycles. The van der Waals surface area contributed by atoms with E-state index >= 15 is 0 Å². The van der Waals surface area contributed by atoms with Crippen LogP contribution < -0.4 is 5.63 Å². The molecule has 6 nitrogen and oxygen atoms in total. The predicted molar refractivity (Wildman–Crippen MR) is 82.7 cm³/mol. The van der Waals surface area contributed by atoms with Crippen molar-refractivity contribution in [2.45, 2.75) is 0 Å². The molecule has 0 aliphatic rings. The van der Waals surface area contributed by atoms with Gasteiger partial charge in [0, 0.05) is 10.8 Å². The Morgan fingerprint density at radius 2 is 1.61 bits per heavy atom. The van der Waals surface area contributed by atoms with Crippen LogP contribution in [0.2, 0.25) is 0 Å². The number of carbonyl (C=O) groups is 2. The summed E-state index contributed by atoms with van der Waals surface area (Å²) < 4.78 is 14.7. The first-order valence-corrected chi connectivity index (χ1v) is 6.73. The Labute approximate surface area is 130 Å². The number of para-hydroxylation sites is 1. The molecule has 3 rings (SSSR count). The largest absolute Gasteiger partial charge is 0.465 e. The summed E-state index contributed by atoms with van der Waals surface area (Å²) >= 11 is 0. The van der Waals surface area contributed by atoms with Crippen LogP contribution >= 0.6 is 0 Å². The highest BCUT2D eigenvalue weighted by Crippen LogP contribution is 2.27. The molecule has 116 valence electrons. The summed E-state index contributed by atoms with van der Waals surface area (Å²) in [6.45, 7) is 0. The van der Waals surface area contributed by atoms with E-state index in [0.717, 1.165) is 0 Å². The molecule has 2 aromatic carbocycles.